The van der Waals surface area contributed by atoms with Crippen LogP contribution in [0, 0.1) is 17.1 Å². The van der Waals surface area contributed by atoms with E-state index in [1.165, 1.54) is 49.5 Å². The van der Waals surface area contributed by atoms with Gasteiger partial charge < -0.3 is 15.5 Å². The van der Waals surface area contributed by atoms with E-state index in [2.05, 4.69) is 15.6 Å². The Morgan fingerprint density at radius 3 is 2.47 bits per heavy atom. The van der Waals surface area contributed by atoms with Crippen LogP contribution in [0.25, 0.3) is 0 Å². The Labute approximate surface area is 213 Å². The predicted octanol–water partition coefficient (Wildman–Crippen LogP) is 4.53. The number of anilines is 2. The number of alkyl halides is 3. The number of hydrogen-bond acceptors (Lipinski definition) is 5. The van der Waals surface area contributed by atoms with E-state index in [0.29, 0.717) is 4.90 Å². The second-order valence-electron chi connectivity index (χ2n) is 8.51. The first-order chi connectivity index (χ1) is 18.0. The van der Waals surface area contributed by atoms with Crippen LogP contribution < -0.4 is 10.6 Å². The molecule has 1 aliphatic heterocycles. The molecule has 1 aliphatic rings. The maximum Gasteiger partial charge on any atom is 0.406 e. The quantitative estimate of drug-likeness (QED) is 0.475. The van der Waals surface area contributed by atoms with E-state index in [0.717, 1.165) is 12.1 Å². The first-order valence-corrected chi connectivity index (χ1v) is 11.2. The number of amides is 3. The highest BCUT2D eigenvalue weighted by atomic mass is 19.4. The number of hydrogen-bond donors (Lipinski definition) is 2. The molecule has 0 fully saturated rings. The SMILES string of the molecule is CC(=O)Nc1ccc([C@@H]2[C@@H](C(=O)Nc3ccc(F)c(C#N)c3)c3ccccc3C(=O)N2CC(F)(F)F)cn1. The fraction of sp³-hybridized carbons (Fsp3) is 0.192. The van der Waals surface area contributed by atoms with E-state index in [1.54, 1.807) is 12.1 Å². The van der Waals surface area contributed by atoms with Crippen molar-refractivity contribution in [2.45, 2.75) is 25.1 Å². The summed E-state index contributed by atoms with van der Waals surface area (Å²) in [5.74, 6) is -4.15. The highest BCUT2D eigenvalue weighted by Crippen LogP contribution is 2.44. The Hall–Kier alpha value is -4.79. The van der Waals surface area contributed by atoms with E-state index in [1.807, 2.05) is 0 Å². The molecule has 3 amide bonds. The van der Waals surface area contributed by atoms with Crippen molar-refractivity contribution >= 4 is 29.2 Å². The largest absolute Gasteiger partial charge is 0.406 e. The minimum absolute atomic E-state index is 0.0441. The third-order valence-electron chi connectivity index (χ3n) is 5.86. The lowest BCUT2D eigenvalue weighted by Gasteiger charge is -2.41. The highest BCUT2D eigenvalue weighted by molar-refractivity contribution is 6.04. The molecule has 38 heavy (non-hydrogen) atoms. The molecule has 3 aromatic rings. The maximum atomic E-state index is 13.8. The minimum Gasteiger partial charge on any atom is -0.325 e. The highest BCUT2D eigenvalue weighted by Gasteiger charge is 2.47. The third-order valence-corrected chi connectivity index (χ3v) is 5.86. The number of aromatic nitrogens is 1. The number of nitriles is 1. The van der Waals surface area contributed by atoms with Crippen LogP contribution in [-0.2, 0) is 9.59 Å². The number of carbonyl (C=O) groups excluding carboxylic acids is 3. The molecule has 194 valence electrons. The second-order valence-corrected chi connectivity index (χ2v) is 8.51. The van der Waals surface area contributed by atoms with E-state index < -0.39 is 48.2 Å². The van der Waals surface area contributed by atoms with Gasteiger partial charge in [-0.3, -0.25) is 14.4 Å². The average Bonchev–Trinajstić information content (AvgIpc) is 2.86. The summed E-state index contributed by atoms with van der Waals surface area (Å²) in [4.78, 5) is 42.9. The van der Waals surface area contributed by atoms with Gasteiger partial charge in [0.1, 0.15) is 24.2 Å². The van der Waals surface area contributed by atoms with Gasteiger partial charge in [-0.2, -0.15) is 18.4 Å². The number of carbonyl (C=O) groups is 3. The number of pyridine rings is 1. The molecule has 1 aromatic heterocycles. The van der Waals surface area contributed by atoms with E-state index in [-0.39, 0.29) is 33.8 Å². The Morgan fingerprint density at radius 1 is 1.11 bits per heavy atom. The summed E-state index contributed by atoms with van der Waals surface area (Å²) < 4.78 is 54.8. The van der Waals surface area contributed by atoms with Gasteiger partial charge in [0.25, 0.3) is 5.91 Å². The number of fused-ring (bicyclic) bond motifs is 1. The van der Waals surface area contributed by atoms with Gasteiger partial charge in [0.05, 0.1) is 17.5 Å². The average molecular weight is 525 g/mol. The van der Waals surface area contributed by atoms with Crippen LogP contribution in [-0.4, -0.2) is 40.3 Å². The van der Waals surface area contributed by atoms with Crippen molar-refractivity contribution < 1.29 is 31.9 Å². The third kappa shape index (κ3) is 5.46. The molecule has 0 radical (unpaired) electrons. The normalized spacial score (nSPS) is 16.8. The van der Waals surface area contributed by atoms with Crippen molar-refractivity contribution in [3.8, 4) is 6.07 Å². The molecular weight excluding hydrogens is 506 g/mol. The smallest absolute Gasteiger partial charge is 0.325 e. The van der Waals surface area contributed by atoms with Crippen LogP contribution in [0.15, 0.2) is 60.8 Å². The summed E-state index contributed by atoms with van der Waals surface area (Å²) in [6.45, 7) is -0.387. The lowest BCUT2D eigenvalue weighted by molar-refractivity contribution is -0.148. The molecule has 0 unspecified atom stereocenters. The number of benzene rings is 2. The first-order valence-electron chi connectivity index (χ1n) is 11.2. The van der Waals surface area contributed by atoms with Crippen LogP contribution in [0.3, 0.4) is 0 Å². The number of halogens is 4. The zero-order valence-electron chi connectivity index (χ0n) is 19.7. The van der Waals surface area contributed by atoms with Crippen molar-refractivity contribution in [2.75, 3.05) is 17.2 Å². The van der Waals surface area contributed by atoms with Crippen molar-refractivity contribution in [3.63, 3.8) is 0 Å². The fourth-order valence-corrected chi connectivity index (χ4v) is 4.36. The predicted molar refractivity (Wildman–Crippen MR) is 127 cm³/mol. The van der Waals surface area contributed by atoms with Crippen molar-refractivity contribution in [2.24, 2.45) is 0 Å². The molecular formula is C26H19F4N5O3. The molecule has 0 saturated carbocycles. The van der Waals surface area contributed by atoms with Gasteiger partial charge in [0.15, 0.2) is 0 Å². The number of nitrogens with one attached hydrogen (secondary N) is 2. The number of nitrogens with zero attached hydrogens (tertiary/aromatic N) is 3. The van der Waals surface area contributed by atoms with Crippen molar-refractivity contribution in [1.29, 1.82) is 5.26 Å². The molecule has 4 rings (SSSR count). The molecule has 12 heteroatoms. The topological polar surface area (TPSA) is 115 Å². The minimum atomic E-state index is -4.79. The molecule has 0 bridgehead atoms. The Balaban J connectivity index is 1.84. The molecule has 2 heterocycles. The Morgan fingerprint density at radius 2 is 1.84 bits per heavy atom. The first kappa shape index (κ1) is 26.3. The second kappa shape index (κ2) is 10.3. The van der Waals surface area contributed by atoms with Crippen LogP contribution >= 0.6 is 0 Å². The van der Waals surface area contributed by atoms with Crippen LogP contribution in [0.5, 0.6) is 0 Å². The Kier molecular flexibility index (Phi) is 7.12. The molecule has 2 atom stereocenters. The molecule has 2 aromatic carbocycles. The zero-order valence-corrected chi connectivity index (χ0v) is 19.7. The monoisotopic (exact) mass is 525 g/mol. The van der Waals surface area contributed by atoms with Crippen molar-refractivity contribution in [3.05, 3.63) is 88.9 Å². The maximum absolute atomic E-state index is 13.8. The van der Waals surface area contributed by atoms with Gasteiger partial charge in [0, 0.05) is 24.4 Å². The molecule has 0 spiro atoms. The van der Waals surface area contributed by atoms with Gasteiger partial charge in [-0.25, -0.2) is 9.37 Å². The van der Waals surface area contributed by atoms with Gasteiger partial charge in [-0.15, -0.1) is 0 Å². The summed E-state index contributed by atoms with van der Waals surface area (Å²) in [6, 6.07) is 12.1. The van der Waals surface area contributed by atoms with Gasteiger partial charge in [-0.05, 0) is 41.5 Å². The van der Waals surface area contributed by atoms with Crippen LogP contribution in [0.1, 0.15) is 45.9 Å². The lowest BCUT2D eigenvalue weighted by atomic mass is 9.79. The fourth-order valence-electron chi connectivity index (χ4n) is 4.36. The molecule has 0 saturated heterocycles. The van der Waals surface area contributed by atoms with Crippen LogP contribution in [0.2, 0.25) is 0 Å². The van der Waals surface area contributed by atoms with E-state index >= 15 is 0 Å². The van der Waals surface area contributed by atoms with E-state index in [9.17, 15) is 31.9 Å². The standard InChI is InChI=1S/C26H19F4N5O3/c1-14(36)33-21-9-6-15(12-32-21)23-22(24(37)34-17-7-8-20(27)16(10-17)11-31)18-4-2-3-5-19(18)25(38)35(23)13-26(28,29)30/h2-10,12,22-23H,13H2,1H3,(H,34,37)(H,32,33,36)/t22-,23+/m0/s1. The summed E-state index contributed by atoms with van der Waals surface area (Å²) in [7, 11) is 0. The van der Waals surface area contributed by atoms with Gasteiger partial charge >= 0.3 is 6.18 Å². The van der Waals surface area contributed by atoms with Gasteiger partial charge in [0.2, 0.25) is 11.8 Å². The van der Waals surface area contributed by atoms with Gasteiger partial charge in [-0.1, -0.05) is 24.3 Å². The van der Waals surface area contributed by atoms with E-state index in [4.69, 9.17) is 5.26 Å². The summed E-state index contributed by atoms with van der Waals surface area (Å²) in [6.07, 6.45) is -3.60. The van der Waals surface area contributed by atoms with Crippen LogP contribution in [0.4, 0.5) is 29.1 Å². The molecule has 2 N–H and O–H groups in total. The summed E-state index contributed by atoms with van der Waals surface area (Å²) in [5.41, 5.74) is -0.0689. The summed E-state index contributed by atoms with van der Waals surface area (Å²) >= 11 is 0. The lowest BCUT2D eigenvalue weighted by Crippen LogP contribution is -2.49. The molecule has 8 nitrogen and oxygen atoms in total. The summed E-state index contributed by atoms with van der Waals surface area (Å²) in [5, 5.41) is 14.1. The zero-order chi connectivity index (χ0) is 27.6. The number of rotatable bonds is 5. The Bertz CT molecular complexity index is 1450. The molecule has 0 aliphatic carbocycles. The van der Waals surface area contributed by atoms with Crippen molar-refractivity contribution in [1.82, 2.24) is 9.88 Å².